The van der Waals surface area contributed by atoms with Crippen molar-refractivity contribution in [3.05, 3.63) is 34.8 Å². The SMILES string of the molecule is Cc1cnc(-c2ccc(C#N)s2)c(N)c1. The maximum absolute atomic E-state index is 8.72. The number of anilines is 1. The topological polar surface area (TPSA) is 62.7 Å². The molecule has 74 valence electrons. The van der Waals surface area contributed by atoms with Crippen LogP contribution in [0.25, 0.3) is 10.6 Å². The summed E-state index contributed by atoms with van der Waals surface area (Å²) in [6.07, 6.45) is 1.78. The first-order chi connectivity index (χ1) is 7.20. The summed E-state index contributed by atoms with van der Waals surface area (Å²) in [4.78, 5) is 5.88. The Labute approximate surface area is 91.8 Å². The fraction of sp³-hybridized carbons (Fsp3) is 0.0909. The number of aryl methyl sites for hydroxylation is 1. The van der Waals surface area contributed by atoms with Crippen molar-refractivity contribution in [2.24, 2.45) is 0 Å². The zero-order chi connectivity index (χ0) is 10.8. The quantitative estimate of drug-likeness (QED) is 0.795. The molecule has 0 saturated heterocycles. The van der Waals surface area contributed by atoms with E-state index in [1.165, 1.54) is 11.3 Å². The van der Waals surface area contributed by atoms with Crippen LogP contribution in [0.4, 0.5) is 5.69 Å². The Morgan fingerprint density at radius 1 is 1.47 bits per heavy atom. The van der Waals surface area contributed by atoms with Crippen molar-refractivity contribution in [2.75, 3.05) is 5.73 Å². The van der Waals surface area contributed by atoms with Crippen LogP contribution in [0, 0.1) is 18.3 Å². The number of nitriles is 1. The number of rotatable bonds is 1. The monoisotopic (exact) mass is 215 g/mol. The first-order valence-corrected chi connectivity index (χ1v) is 5.25. The van der Waals surface area contributed by atoms with E-state index in [2.05, 4.69) is 11.1 Å². The van der Waals surface area contributed by atoms with E-state index >= 15 is 0 Å². The van der Waals surface area contributed by atoms with Gasteiger partial charge < -0.3 is 5.73 Å². The molecule has 2 rings (SSSR count). The summed E-state index contributed by atoms with van der Waals surface area (Å²) in [7, 11) is 0. The molecule has 2 N–H and O–H groups in total. The molecule has 0 aliphatic rings. The molecule has 0 fully saturated rings. The second-order valence-corrected chi connectivity index (χ2v) is 4.31. The van der Waals surface area contributed by atoms with Gasteiger partial charge in [-0.15, -0.1) is 11.3 Å². The highest BCUT2D eigenvalue weighted by Crippen LogP contribution is 2.30. The highest BCUT2D eigenvalue weighted by molar-refractivity contribution is 7.16. The lowest BCUT2D eigenvalue weighted by Crippen LogP contribution is -1.92. The normalized spacial score (nSPS) is 9.87. The molecule has 0 bridgehead atoms. The molecule has 0 aromatic carbocycles. The van der Waals surface area contributed by atoms with Gasteiger partial charge in [0.05, 0.1) is 10.6 Å². The zero-order valence-electron chi connectivity index (χ0n) is 8.19. The van der Waals surface area contributed by atoms with E-state index in [1.807, 2.05) is 19.1 Å². The van der Waals surface area contributed by atoms with Gasteiger partial charge in [0.1, 0.15) is 16.6 Å². The molecule has 0 amide bonds. The van der Waals surface area contributed by atoms with Crippen LogP contribution in [0.3, 0.4) is 0 Å². The Morgan fingerprint density at radius 3 is 2.87 bits per heavy atom. The lowest BCUT2D eigenvalue weighted by atomic mass is 10.2. The number of hydrogen-bond donors (Lipinski definition) is 1. The Kier molecular flexibility index (Phi) is 2.40. The third-order valence-electron chi connectivity index (χ3n) is 2.00. The van der Waals surface area contributed by atoms with Gasteiger partial charge in [-0.1, -0.05) is 0 Å². The van der Waals surface area contributed by atoms with Gasteiger partial charge in [-0.2, -0.15) is 5.26 Å². The standard InChI is InChI=1S/C11H9N3S/c1-7-4-9(13)11(14-6-7)10-3-2-8(5-12)15-10/h2-4,6H,13H2,1H3. The zero-order valence-corrected chi connectivity index (χ0v) is 9.01. The molecule has 0 radical (unpaired) electrons. The molecule has 4 heteroatoms. The summed E-state index contributed by atoms with van der Waals surface area (Å²) >= 11 is 1.40. The van der Waals surface area contributed by atoms with E-state index in [-0.39, 0.29) is 0 Å². The molecule has 15 heavy (non-hydrogen) atoms. The van der Waals surface area contributed by atoms with Gasteiger partial charge in [-0.3, -0.25) is 4.98 Å². The summed E-state index contributed by atoms with van der Waals surface area (Å²) in [5.74, 6) is 0. The maximum atomic E-state index is 8.72. The minimum absolute atomic E-state index is 0.654. The van der Waals surface area contributed by atoms with Crippen molar-refractivity contribution in [3.63, 3.8) is 0 Å². The highest BCUT2D eigenvalue weighted by Gasteiger charge is 2.07. The van der Waals surface area contributed by atoms with Crippen molar-refractivity contribution < 1.29 is 0 Å². The van der Waals surface area contributed by atoms with Gasteiger partial charge in [0, 0.05) is 6.20 Å². The summed E-state index contributed by atoms with van der Waals surface area (Å²) in [6.45, 7) is 1.95. The van der Waals surface area contributed by atoms with E-state index < -0.39 is 0 Å². The molecule has 0 saturated carbocycles. The predicted octanol–water partition coefficient (Wildman–Crippen LogP) is 2.57. The Morgan fingerprint density at radius 2 is 2.27 bits per heavy atom. The van der Waals surface area contributed by atoms with E-state index in [0.717, 1.165) is 16.1 Å². The van der Waals surface area contributed by atoms with Gasteiger partial charge in [0.15, 0.2) is 0 Å². The van der Waals surface area contributed by atoms with Gasteiger partial charge >= 0.3 is 0 Å². The number of nitrogens with zero attached hydrogens (tertiary/aromatic N) is 2. The average molecular weight is 215 g/mol. The molecule has 2 aromatic rings. The fourth-order valence-corrected chi connectivity index (χ4v) is 2.14. The van der Waals surface area contributed by atoms with E-state index in [0.29, 0.717) is 10.6 Å². The van der Waals surface area contributed by atoms with Crippen LogP contribution in [0.15, 0.2) is 24.4 Å². The van der Waals surface area contributed by atoms with Gasteiger partial charge in [0.2, 0.25) is 0 Å². The number of nitrogens with two attached hydrogens (primary N) is 1. The van der Waals surface area contributed by atoms with Crippen LogP contribution in [-0.2, 0) is 0 Å². The maximum Gasteiger partial charge on any atom is 0.110 e. The lowest BCUT2D eigenvalue weighted by Gasteiger charge is -2.02. The molecular weight excluding hydrogens is 206 g/mol. The fourth-order valence-electron chi connectivity index (χ4n) is 1.32. The minimum Gasteiger partial charge on any atom is -0.397 e. The minimum atomic E-state index is 0.654. The molecule has 2 heterocycles. The lowest BCUT2D eigenvalue weighted by molar-refractivity contribution is 1.28. The number of hydrogen-bond acceptors (Lipinski definition) is 4. The van der Waals surface area contributed by atoms with E-state index in [9.17, 15) is 0 Å². The first-order valence-electron chi connectivity index (χ1n) is 4.43. The van der Waals surface area contributed by atoms with Crippen LogP contribution in [0.2, 0.25) is 0 Å². The Bertz CT molecular complexity index is 537. The Balaban J connectivity index is 2.50. The molecule has 0 aliphatic heterocycles. The molecule has 0 spiro atoms. The number of thiophene rings is 1. The number of aromatic nitrogens is 1. The molecule has 0 atom stereocenters. The molecule has 2 aromatic heterocycles. The largest absolute Gasteiger partial charge is 0.397 e. The predicted molar refractivity (Wildman–Crippen MR) is 61.4 cm³/mol. The van der Waals surface area contributed by atoms with Crippen molar-refractivity contribution >= 4 is 17.0 Å². The van der Waals surface area contributed by atoms with Crippen LogP contribution in [0.1, 0.15) is 10.4 Å². The van der Waals surface area contributed by atoms with Crippen molar-refractivity contribution in [1.29, 1.82) is 5.26 Å². The molecule has 0 aliphatic carbocycles. The Hall–Kier alpha value is -1.86. The van der Waals surface area contributed by atoms with Gasteiger partial charge in [-0.25, -0.2) is 0 Å². The van der Waals surface area contributed by atoms with Crippen molar-refractivity contribution in [2.45, 2.75) is 6.92 Å². The summed E-state index contributed by atoms with van der Waals surface area (Å²) in [5.41, 5.74) is 8.31. The third-order valence-corrected chi connectivity index (χ3v) is 3.00. The van der Waals surface area contributed by atoms with Gasteiger partial charge in [-0.05, 0) is 30.7 Å². The highest BCUT2D eigenvalue weighted by atomic mass is 32.1. The third kappa shape index (κ3) is 1.83. The van der Waals surface area contributed by atoms with Gasteiger partial charge in [0.25, 0.3) is 0 Å². The van der Waals surface area contributed by atoms with E-state index in [4.69, 9.17) is 11.0 Å². The molecule has 3 nitrogen and oxygen atoms in total. The van der Waals surface area contributed by atoms with Crippen LogP contribution in [-0.4, -0.2) is 4.98 Å². The smallest absolute Gasteiger partial charge is 0.110 e. The second-order valence-electron chi connectivity index (χ2n) is 3.23. The van der Waals surface area contributed by atoms with Crippen molar-refractivity contribution in [3.8, 4) is 16.6 Å². The van der Waals surface area contributed by atoms with Crippen LogP contribution >= 0.6 is 11.3 Å². The molecular formula is C11H9N3S. The molecule has 0 unspecified atom stereocenters. The van der Waals surface area contributed by atoms with Crippen molar-refractivity contribution in [1.82, 2.24) is 4.98 Å². The second kappa shape index (κ2) is 3.71. The number of pyridine rings is 1. The number of nitrogen functional groups attached to an aromatic ring is 1. The van der Waals surface area contributed by atoms with Crippen LogP contribution < -0.4 is 5.73 Å². The van der Waals surface area contributed by atoms with E-state index in [1.54, 1.807) is 12.3 Å². The van der Waals surface area contributed by atoms with Crippen LogP contribution in [0.5, 0.6) is 0 Å². The summed E-state index contributed by atoms with van der Waals surface area (Å²) in [6, 6.07) is 7.63. The average Bonchev–Trinajstić information content (AvgIpc) is 2.66. The summed E-state index contributed by atoms with van der Waals surface area (Å²) < 4.78 is 0. The first kappa shape index (κ1) is 9.69. The summed E-state index contributed by atoms with van der Waals surface area (Å²) in [5, 5.41) is 8.72.